The van der Waals surface area contributed by atoms with Crippen molar-refractivity contribution in [2.45, 2.75) is 51.7 Å². The first kappa shape index (κ1) is 25.6. The zero-order chi connectivity index (χ0) is 24.3. The number of hydrogen-bond acceptors (Lipinski definition) is 4. The molecule has 1 unspecified atom stereocenters. The van der Waals surface area contributed by atoms with E-state index in [2.05, 4.69) is 40.7 Å². The van der Waals surface area contributed by atoms with E-state index < -0.39 is 31.8 Å². The van der Waals surface area contributed by atoms with Crippen molar-refractivity contribution in [2.75, 3.05) is 18.1 Å². The first-order valence-electron chi connectivity index (χ1n) is 10.7. The van der Waals surface area contributed by atoms with Gasteiger partial charge in [0.15, 0.2) is 6.29 Å². The van der Waals surface area contributed by atoms with Crippen LogP contribution in [0.3, 0.4) is 0 Å². The summed E-state index contributed by atoms with van der Waals surface area (Å²) in [6.07, 6.45) is -1.74. The van der Waals surface area contributed by atoms with Crippen molar-refractivity contribution < 1.29 is 27.5 Å². The molecule has 1 fully saturated rings. The fraction of sp³-hybridized carbons (Fsp3) is 0.500. The van der Waals surface area contributed by atoms with Crippen LogP contribution in [0.5, 0.6) is 0 Å². The van der Waals surface area contributed by atoms with Crippen LogP contribution in [-0.4, -0.2) is 43.2 Å². The Balaban J connectivity index is 1.79. The molecule has 1 atom stereocenters. The van der Waals surface area contributed by atoms with E-state index in [1.54, 1.807) is 0 Å². The number of ether oxygens (including phenoxy) is 1. The van der Waals surface area contributed by atoms with Gasteiger partial charge in [-0.3, -0.25) is 14.5 Å². The highest BCUT2D eigenvalue weighted by atomic mass is 79.9. The minimum absolute atomic E-state index is 0.0632. The number of carbonyl (C=O) groups is 2. The minimum atomic E-state index is -2.84. The van der Waals surface area contributed by atoms with E-state index in [0.717, 1.165) is 18.2 Å². The maximum atomic E-state index is 13.4. The lowest BCUT2D eigenvalue weighted by atomic mass is 9.94. The fourth-order valence-electron chi connectivity index (χ4n) is 3.80. The molecule has 1 amide bonds. The van der Waals surface area contributed by atoms with E-state index in [4.69, 9.17) is 4.74 Å². The highest BCUT2D eigenvalue weighted by Gasteiger charge is 2.37. The molecule has 0 radical (unpaired) electrons. The van der Waals surface area contributed by atoms with Crippen molar-refractivity contribution in [1.29, 1.82) is 0 Å². The van der Waals surface area contributed by atoms with E-state index >= 15 is 0 Å². The van der Waals surface area contributed by atoms with E-state index in [0.29, 0.717) is 36.3 Å². The van der Waals surface area contributed by atoms with Crippen LogP contribution >= 0.6 is 15.9 Å². The molecule has 180 valence electrons. The zero-order valence-electron chi connectivity index (χ0n) is 18.8. The van der Waals surface area contributed by atoms with Gasteiger partial charge in [0.25, 0.3) is 6.43 Å². The quantitative estimate of drug-likeness (QED) is 0.226. The highest BCUT2D eigenvalue weighted by Crippen LogP contribution is 2.34. The Morgan fingerprint density at radius 2 is 2.06 bits per heavy atom. The molecule has 1 aliphatic rings. The number of halogens is 4. The number of hydrogen-bond donors (Lipinski definition) is 0. The van der Waals surface area contributed by atoms with Gasteiger partial charge >= 0.3 is 0 Å². The molecule has 1 saturated heterocycles. The Bertz CT molecular complexity index is 1030. The van der Waals surface area contributed by atoms with Crippen LogP contribution in [0.25, 0.3) is 0 Å². The molecule has 0 aliphatic carbocycles. The Morgan fingerprint density at radius 3 is 2.70 bits per heavy atom. The van der Waals surface area contributed by atoms with Gasteiger partial charge in [0, 0.05) is 32.7 Å². The topological polar surface area (TPSA) is 64.4 Å². The van der Waals surface area contributed by atoms with Gasteiger partial charge in [-0.15, -0.1) is 0 Å². The van der Waals surface area contributed by atoms with Crippen molar-refractivity contribution in [3.8, 4) is 0 Å². The summed E-state index contributed by atoms with van der Waals surface area (Å²) in [5.74, 6) is -1.28. The summed E-state index contributed by atoms with van der Waals surface area (Å²) in [6.45, 7) is 7.64. The predicted molar refractivity (Wildman–Crippen MR) is 125 cm³/mol. The van der Waals surface area contributed by atoms with Crippen molar-refractivity contribution in [3.63, 3.8) is 0 Å². The number of amides is 1. The first-order valence-corrected chi connectivity index (χ1v) is 15.2. The van der Waals surface area contributed by atoms with E-state index in [-0.39, 0.29) is 30.2 Å². The van der Waals surface area contributed by atoms with Gasteiger partial charge in [-0.2, -0.15) is 5.10 Å². The Kier molecular flexibility index (Phi) is 8.17. The monoisotopic (exact) mass is 545 g/mol. The van der Waals surface area contributed by atoms with Crippen LogP contribution in [0.4, 0.5) is 19.0 Å². The normalized spacial score (nSPS) is 16.8. The number of aromatic nitrogens is 2. The molecule has 0 bridgehead atoms. The van der Waals surface area contributed by atoms with Gasteiger partial charge in [-0.05, 0) is 52.5 Å². The Labute approximate surface area is 200 Å². The molecule has 2 heterocycles. The van der Waals surface area contributed by atoms with Crippen LogP contribution in [0.2, 0.25) is 25.7 Å². The summed E-state index contributed by atoms with van der Waals surface area (Å²) >= 11 is 3.27. The average molecular weight is 546 g/mol. The molecule has 0 saturated carbocycles. The molecule has 0 spiro atoms. The van der Waals surface area contributed by atoms with Crippen LogP contribution in [0.15, 0.2) is 22.8 Å². The number of benzene rings is 1. The first-order chi connectivity index (χ1) is 15.5. The van der Waals surface area contributed by atoms with Crippen molar-refractivity contribution in [1.82, 2.24) is 9.78 Å². The summed E-state index contributed by atoms with van der Waals surface area (Å²) < 4.78 is 47.7. The van der Waals surface area contributed by atoms with Gasteiger partial charge in [0.05, 0.1) is 5.56 Å². The third-order valence-corrected chi connectivity index (χ3v) is 7.92. The molecule has 3 rings (SSSR count). The number of aldehydes is 1. The maximum Gasteiger partial charge on any atom is 0.264 e. The van der Waals surface area contributed by atoms with E-state index in [1.165, 1.54) is 15.6 Å². The molecule has 6 nitrogen and oxygen atoms in total. The molecule has 0 N–H and O–H groups in total. The second-order valence-electron chi connectivity index (χ2n) is 9.32. The van der Waals surface area contributed by atoms with Crippen LogP contribution in [0, 0.1) is 11.7 Å². The van der Waals surface area contributed by atoms with Crippen molar-refractivity contribution in [2.24, 2.45) is 5.92 Å². The van der Waals surface area contributed by atoms with Crippen molar-refractivity contribution >= 4 is 42.0 Å². The van der Waals surface area contributed by atoms with E-state index in [9.17, 15) is 22.8 Å². The number of rotatable bonds is 10. The lowest BCUT2D eigenvalue weighted by Crippen LogP contribution is -2.31. The second-order valence-corrected chi connectivity index (χ2v) is 15.7. The third kappa shape index (κ3) is 6.13. The molecule has 11 heteroatoms. The molecule has 2 aromatic rings. The average Bonchev–Trinajstić information content (AvgIpc) is 3.24. The molecular formula is C22H27BrF3N3O3Si. The smallest absolute Gasteiger partial charge is 0.264 e. The van der Waals surface area contributed by atoms with Crippen molar-refractivity contribution in [3.05, 3.63) is 45.3 Å². The summed E-state index contributed by atoms with van der Waals surface area (Å²) in [6, 6.07) is 4.19. The summed E-state index contributed by atoms with van der Waals surface area (Å²) in [5.41, 5.74) is 0.0674. The van der Waals surface area contributed by atoms with Gasteiger partial charge < -0.3 is 4.74 Å². The number of carbonyl (C=O) groups excluding carboxylic acids is 2. The van der Waals surface area contributed by atoms with Gasteiger partial charge in [0.1, 0.15) is 23.0 Å². The largest absolute Gasteiger partial charge is 0.359 e. The second kappa shape index (κ2) is 10.5. The molecule has 1 aromatic carbocycles. The molecule has 1 aromatic heterocycles. The lowest BCUT2D eigenvalue weighted by Gasteiger charge is -2.20. The van der Waals surface area contributed by atoms with E-state index in [1.807, 2.05) is 0 Å². The van der Waals surface area contributed by atoms with Crippen LogP contribution < -0.4 is 4.90 Å². The predicted octanol–water partition coefficient (Wildman–Crippen LogP) is 5.44. The minimum Gasteiger partial charge on any atom is -0.359 e. The molecular weight excluding hydrogens is 519 g/mol. The SMILES string of the molecule is C[Si](C)(C)CCOCn1nc(Br)c(C=O)c1N1CCC(Cc2ccc(F)cc2C(F)F)C1=O. The highest BCUT2D eigenvalue weighted by molar-refractivity contribution is 9.10. The zero-order valence-corrected chi connectivity index (χ0v) is 21.4. The van der Waals surface area contributed by atoms with Gasteiger partial charge in [0.2, 0.25) is 5.91 Å². The Hall–Kier alpha value is -1.98. The third-order valence-electron chi connectivity index (χ3n) is 5.63. The molecule has 33 heavy (non-hydrogen) atoms. The van der Waals surface area contributed by atoms with Crippen LogP contribution in [0.1, 0.15) is 34.3 Å². The standard InChI is InChI=1S/C22H27BrF3N3O3Si/c1-33(2,3)9-8-32-13-29-21(18(12-30)19(23)27-29)28-7-6-15(22(28)31)10-14-4-5-16(24)11-17(14)20(25)26/h4-5,11-12,15,20H,6-10,13H2,1-3H3. The Morgan fingerprint density at radius 1 is 1.33 bits per heavy atom. The lowest BCUT2D eigenvalue weighted by molar-refractivity contribution is -0.120. The van der Waals surface area contributed by atoms with Gasteiger partial charge in [-0.25, -0.2) is 17.9 Å². The fourth-order valence-corrected chi connectivity index (χ4v) is 5.02. The van der Waals surface area contributed by atoms with Gasteiger partial charge in [-0.1, -0.05) is 25.7 Å². The summed E-state index contributed by atoms with van der Waals surface area (Å²) in [7, 11) is -1.28. The maximum absolute atomic E-state index is 13.4. The number of anilines is 1. The molecule has 1 aliphatic heterocycles. The summed E-state index contributed by atoms with van der Waals surface area (Å²) in [4.78, 5) is 26.4. The van der Waals surface area contributed by atoms with Crippen LogP contribution in [-0.2, 0) is 22.7 Å². The number of nitrogens with zero attached hydrogens (tertiary/aromatic N) is 3. The summed E-state index contributed by atoms with van der Waals surface area (Å²) in [5, 5.41) is 4.30. The number of alkyl halides is 2.